The largest absolute Gasteiger partial charge is 0.334 e. The first kappa shape index (κ1) is 14.3. The van der Waals surface area contributed by atoms with Gasteiger partial charge in [-0.15, -0.1) is 6.58 Å². The van der Waals surface area contributed by atoms with Crippen molar-refractivity contribution in [1.82, 2.24) is 4.57 Å². The van der Waals surface area contributed by atoms with Crippen LogP contribution in [0.15, 0.2) is 73.3 Å². The average Bonchev–Trinajstić information content (AvgIpc) is 2.92. The maximum atomic E-state index is 12.5. The van der Waals surface area contributed by atoms with Gasteiger partial charge in [-0.25, -0.2) is 0 Å². The maximum absolute atomic E-state index is 12.5. The fraction of sp³-hybridized carbons (Fsp3) is 0.150. The van der Waals surface area contributed by atoms with Crippen LogP contribution in [-0.4, -0.2) is 10.4 Å². The Morgan fingerprint density at radius 3 is 2.55 bits per heavy atom. The summed E-state index contributed by atoms with van der Waals surface area (Å²) in [5.74, 6) is 0.173. The van der Waals surface area contributed by atoms with Crippen LogP contribution in [0.4, 0.5) is 0 Å². The van der Waals surface area contributed by atoms with Crippen molar-refractivity contribution >= 4 is 16.7 Å². The first-order valence-corrected chi connectivity index (χ1v) is 7.56. The Labute approximate surface area is 130 Å². The highest BCUT2D eigenvalue weighted by Gasteiger charge is 2.15. The number of nitrogens with zero attached hydrogens (tertiary/aromatic N) is 1. The summed E-state index contributed by atoms with van der Waals surface area (Å²) in [7, 11) is 0. The lowest BCUT2D eigenvalue weighted by atomic mass is 10.1. The van der Waals surface area contributed by atoms with Gasteiger partial charge in [-0.05, 0) is 24.1 Å². The lowest BCUT2D eigenvalue weighted by molar-refractivity contribution is 0.0975. The van der Waals surface area contributed by atoms with E-state index in [2.05, 4.69) is 35.4 Å². The number of para-hydroxylation sites is 1. The Morgan fingerprint density at radius 1 is 1.05 bits per heavy atom. The molecule has 110 valence electrons. The summed E-state index contributed by atoms with van der Waals surface area (Å²) in [6.45, 7) is 4.41. The number of hydrogen-bond donors (Lipinski definition) is 0. The third kappa shape index (κ3) is 2.86. The predicted octanol–water partition coefficient (Wildman–Crippen LogP) is 4.84. The Morgan fingerprint density at radius 2 is 1.77 bits per heavy atom. The van der Waals surface area contributed by atoms with Gasteiger partial charge in [0.1, 0.15) is 0 Å². The quantitative estimate of drug-likeness (QED) is 0.470. The lowest BCUT2D eigenvalue weighted by Crippen LogP contribution is -2.09. The zero-order valence-corrected chi connectivity index (χ0v) is 12.5. The van der Waals surface area contributed by atoms with Crippen LogP contribution in [-0.2, 0) is 6.54 Å². The lowest BCUT2D eigenvalue weighted by Gasteiger charge is -2.10. The monoisotopic (exact) mass is 289 g/mol. The zero-order chi connectivity index (χ0) is 15.4. The molecule has 0 aliphatic heterocycles. The van der Waals surface area contributed by atoms with E-state index in [4.69, 9.17) is 0 Å². The molecule has 0 N–H and O–H groups in total. The number of Topliss-reactive ketones (excluding diaryl/α,β-unsaturated/α-hetero) is 1. The minimum Gasteiger partial charge on any atom is -0.334 e. The van der Waals surface area contributed by atoms with E-state index >= 15 is 0 Å². The van der Waals surface area contributed by atoms with Crippen molar-refractivity contribution in [3.63, 3.8) is 0 Å². The van der Waals surface area contributed by atoms with Gasteiger partial charge in [0, 0.05) is 23.9 Å². The van der Waals surface area contributed by atoms with Crippen molar-refractivity contribution in [2.45, 2.75) is 19.4 Å². The van der Waals surface area contributed by atoms with Gasteiger partial charge < -0.3 is 4.57 Å². The normalized spacial score (nSPS) is 10.7. The molecular formula is C20H19NO. The molecule has 0 radical (unpaired) electrons. The molecule has 2 nitrogen and oxygen atoms in total. The number of carbonyl (C=O) groups is 1. The summed E-state index contributed by atoms with van der Waals surface area (Å²) in [6.07, 6.45) is 3.02. The summed E-state index contributed by atoms with van der Waals surface area (Å²) in [5.41, 5.74) is 3.09. The number of ketones is 1. The third-order valence-corrected chi connectivity index (χ3v) is 3.86. The Balaban J connectivity index is 2.05. The van der Waals surface area contributed by atoms with Crippen LogP contribution in [0.2, 0.25) is 0 Å². The van der Waals surface area contributed by atoms with Crippen LogP contribution in [0.3, 0.4) is 0 Å². The van der Waals surface area contributed by atoms with Crippen LogP contribution >= 0.6 is 0 Å². The molecular weight excluding hydrogens is 270 g/mol. The number of benzene rings is 2. The molecule has 0 unspecified atom stereocenters. The molecule has 22 heavy (non-hydrogen) atoms. The number of hydrogen-bond acceptors (Lipinski definition) is 1. The molecule has 0 atom stereocenters. The van der Waals surface area contributed by atoms with E-state index in [1.807, 2.05) is 36.4 Å². The van der Waals surface area contributed by atoms with Gasteiger partial charge in [-0.1, -0.05) is 54.6 Å². The first-order chi connectivity index (χ1) is 10.8. The second-order valence-corrected chi connectivity index (χ2v) is 5.41. The summed E-state index contributed by atoms with van der Waals surface area (Å²) < 4.78 is 2.12. The number of aromatic nitrogens is 1. The minimum atomic E-state index is 0.173. The topological polar surface area (TPSA) is 22.0 Å². The molecule has 0 amide bonds. The van der Waals surface area contributed by atoms with Crippen molar-refractivity contribution in [1.29, 1.82) is 0 Å². The fourth-order valence-corrected chi connectivity index (χ4v) is 2.74. The summed E-state index contributed by atoms with van der Waals surface area (Å²) in [6, 6.07) is 20.4. The molecule has 0 fully saturated rings. The maximum Gasteiger partial charge on any atom is 0.179 e. The zero-order valence-electron chi connectivity index (χ0n) is 12.5. The Bertz CT molecular complexity index is 799. The van der Waals surface area contributed by atoms with Crippen molar-refractivity contribution in [3.8, 4) is 0 Å². The smallest absolute Gasteiger partial charge is 0.179 e. The van der Waals surface area contributed by atoms with Crippen molar-refractivity contribution in [2.75, 3.05) is 0 Å². The summed E-state index contributed by atoms with van der Waals surface area (Å²) in [4.78, 5) is 12.5. The molecule has 3 aromatic rings. The van der Waals surface area contributed by atoms with E-state index in [1.54, 1.807) is 6.08 Å². The molecule has 0 bridgehead atoms. The van der Waals surface area contributed by atoms with Gasteiger partial charge in [-0.2, -0.15) is 0 Å². The van der Waals surface area contributed by atoms with Crippen LogP contribution in [0.25, 0.3) is 10.9 Å². The van der Waals surface area contributed by atoms with Crippen molar-refractivity contribution in [2.24, 2.45) is 0 Å². The van der Waals surface area contributed by atoms with Gasteiger partial charge in [0.2, 0.25) is 0 Å². The van der Waals surface area contributed by atoms with Crippen LogP contribution < -0.4 is 0 Å². The fourth-order valence-electron chi connectivity index (χ4n) is 2.74. The highest BCUT2D eigenvalue weighted by atomic mass is 16.1. The average molecular weight is 289 g/mol. The summed E-state index contributed by atoms with van der Waals surface area (Å²) in [5, 5.41) is 1.11. The van der Waals surface area contributed by atoms with Crippen molar-refractivity contribution in [3.05, 3.63) is 84.6 Å². The highest BCUT2D eigenvalue weighted by Crippen LogP contribution is 2.22. The van der Waals surface area contributed by atoms with Crippen molar-refractivity contribution < 1.29 is 4.79 Å². The van der Waals surface area contributed by atoms with E-state index in [0.717, 1.165) is 16.6 Å². The molecule has 0 spiro atoms. The highest BCUT2D eigenvalue weighted by molar-refractivity contribution is 6.00. The Hall–Kier alpha value is -2.61. The van der Waals surface area contributed by atoms with E-state index in [1.165, 1.54) is 5.56 Å². The summed E-state index contributed by atoms with van der Waals surface area (Å²) >= 11 is 0. The van der Waals surface area contributed by atoms with Gasteiger partial charge in [-0.3, -0.25) is 4.79 Å². The van der Waals surface area contributed by atoms with E-state index in [0.29, 0.717) is 19.4 Å². The van der Waals surface area contributed by atoms with Crippen LogP contribution in [0.1, 0.15) is 28.9 Å². The van der Waals surface area contributed by atoms with E-state index < -0.39 is 0 Å². The molecule has 0 saturated carbocycles. The van der Waals surface area contributed by atoms with Gasteiger partial charge in [0.25, 0.3) is 0 Å². The van der Waals surface area contributed by atoms with Gasteiger partial charge >= 0.3 is 0 Å². The van der Waals surface area contributed by atoms with Crippen LogP contribution in [0, 0.1) is 0 Å². The molecule has 0 saturated heterocycles. The number of allylic oxidation sites excluding steroid dienone is 1. The minimum absolute atomic E-state index is 0.173. The van der Waals surface area contributed by atoms with Gasteiger partial charge in [0.05, 0.1) is 5.69 Å². The Kier molecular flexibility index (Phi) is 4.19. The molecule has 3 rings (SSSR count). The van der Waals surface area contributed by atoms with Crippen LogP contribution in [0.5, 0.6) is 0 Å². The number of carbonyl (C=O) groups excluding carboxylic acids is 1. The number of fused-ring (bicyclic) bond motifs is 1. The predicted molar refractivity (Wildman–Crippen MR) is 91.2 cm³/mol. The second-order valence-electron chi connectivity index (χ2n) is 5.41. The standard InChI is InChI=1S/C20H19NO/c1-2-3-13-20(22)19-14-17-11-7-8-12-18(17)21(19)15-16-9-5-4-6-10-16/h2,4-12,14H,1,3,13,15H2. The van der Waals surface area contributed by atoms with E-state index in [9.17, 15) is 4.79 Å². The van der Waals surface area contributed by atoms with Gasteiger partial charge in [0.15, 0.2) is 5.78 Å². The SMILES string of the molecule is C=CCCC(=O)c1cc2ccccc2n1Cc1ccccc1. The molecule has 2 aromatic carbocycles. The molecule has 0 aliphatic carbocycles. The molecule has 1 heterocycles. The first-order valence-electron chi connectivity index (χ1n) is 7.56. The molecule has 1 aromatic heterocycles. The number of rotatable bonds is 6. The van der Waals surface area contributed by atoms with E-state index in [-0.39, 0.29) is 5.78 Å². The molecule has 0 aliphatic rings. The second kappa shape index (κ2) is 6.44. The molecule has 2 heteroatoms. The third-order valence-electron chi connectivity index (χ3n) is 3.86.